The van der Waals surface area contributed by atoms with Crippen molar-refractivity contribution in [3.8, 4) is 5.75 Å². The molecule has 0 spiro atoms. The first-order valence-corrected chi connectivity index (χ1v) is 12.1. The van der Waals surface area contributed by atoms with Crippen LogP contribution in [-0.4, -0.2) is 58.1 Å². The maximum Gasteiger partial charge on any atom is 0.408 e. The van der Waals surface area contributed by atoms with Crippen LogP contribution < -0.4 is 16.4 Å². The van der Waals surface area contributed by atoms with Crippen LogP contribution in [0.1, 0.15) is 71.9 Å². The maximum atomic E-state index is 13.8. The van der Waals surface area contributed by atoms with Gasteiger partial charge in [-0.1, -0.05) is 37.6 Å². The van der Waals surface area contributed by atoms with Crippen molar-refractivity contribution >= 4 is 23.8 Å². The Morgan fingerprint density at radius 2 is 1.81 bits per heavy atom. The van der Waals surface area contributed by atoms with E-state index in [1.54, 1.807) is 39.0 Å². The smallest absolute Gasteiger partial charge is 0.408 e. The van der Waals surface area contributed by atoms with E-state index in [1.165, 1.54) is 17.0 Å². The fourth-order valence-corrected chi connectivity index (χ4v) is 3.65. The Balaban J connectivity index is 3.46. The molecule has 0 saturated heterocycles. The lowest BCUT2D eigenvalue weighted by atomic mass is 10.00. The lowest BCUT2D eigenvalue weighted by Gasteiger charge is -2.34. The molecule has 4 amide bonds. The van der Waals surface area contributed by atoms with Gasteiger partial charge in [0.2, 0.25) is 17.7 Å². The number of hydrogen-bond donors (Lipinski definition) is 4. The van der Waals surface area contributed by atoms with Crippen LogP contribution in [0.3, 0.4) is 0 Å². The largest absolute Gasteiger partial charge is 0.508 e. The quantitative estimate of drug-likeness (QED) is 0.303. The van der Waals surface area contributed by atoms with E-state index in [4.69, 9.17) is 10.5 Å². The van der Waals surface area contributed by atoms with E-state index in [2.05, 4.69) is 17.2 Å². The molecule has 5 N–H and O–H groups in total. The zero-order chi connectivity index (χ0) is 27.5. The molecule has 0 aromatic heterocycles. The van der Waals surface area contributed by atoms with Crippen molar-refractivity contribution in [2.45, 2.75) is 84.0 Å². The van der Waals surface area contributed by atoms with Gasteiger partial charge in [0.15, 0.2) is 0 Å². The predicted molar refractivity (Wildman–Crippen MR) is 137 cm³/mol. The number of nitrogens with one attached hydrogen (secondary N) is 2. The van der Waals surface area contributed by atoms with Crippen LogP contribution in [0, 0.1) is 0 Å². The molecule has 0 fully saturated rings. The molecule has 1 aromatic rings. The number of para-hydroxylation sites is 1. The summed E-state index contributed by atoms with van der Waals surface area (Å²) >= 11 is 0. The van der Waals surface area contributed by atoms with Crippen LogP contribution in [0.15, 0.2) is 36.9 Å². The third-order valence-electron chi connectivity index (χ3n) is 5.18. The number of hydrogen-bond acceptors (Lipinski definition) is 6. The molecule has 200 valence electrons. The van der Waals surface area contributed by atoms with Crippen molar-refractivity contribution in [2.24, 2.45) is 5.73 Å². The van der Waals surface area contributed by atoms with Crippen molar-refractivity contribution in [1.82, 2.24) is 15.5 Å². The normalized spacial score (nSPS) is 13.6. The van der Waals surface area contributed by atoms with Gasteiger partial charge < -0.3 is 31.1 Å². The molecular formula is C26H40N4O6. The van der Waals surface area contributed by atoms with E-state index in [1.807, 2.05) is 13.8 Å². The number of carbonyl (C=O) groups is 4. The molecule has 0 bridgehead atoms. The van der Waals surface area contributed by atoms with Gasteiger partial charge in [-0.25, -0.2) is 4.79 Å². The molecule has 0 saturated carbocycles. The Bertz CT molecular complexity index is 927. The van der Waals surface area contributed by atoms with E-state index in [9.17, 15) is 24.3 Å². The van der Waals surface area contributed by atoms with Crippen molar-refractivity contribution in [2.75, 3.05) is 6.54 Å². The van der Waals surface area contributed by atoms with Crippen LogP contribution >= 0.6 is 0 Å². The van der Waals surface area contributed by atoms with Crippen LogP contribution in [0.4, 0.5) is 4.79 Å². The standard InChI is InChI=1S/C26H40N4O6/c1-7-11-17(3)28-23(33)22(18-12-9-10-13-20(18)31)30(16-8-2)24(34)19(14-15-21(27)32)29-25(35)36-26(4,5)6/h8-10,12-13,17,19,22,31H,2,7,11,14-16H2,1,3-6H3,(H2,27,32)(H,28,33)(H,29,35). The van der Waals surface area contributed by atoms with E-state index >= 15 is 0 Å². The molecule has 0 heterocycles. The molecular weight excluding hydrogens is 464 g/mol. The highest BCUT2D eigenvalue weighted by molar-refractivity contribution is 5.93. The lowest BCUT2D eigenvalue weighted by molar-refractivity contribution is -0.142. The van der Waals surface area contributed by atoms with Gasteiger partial charge in [0.1, 0.15) is 23.4 Å². The molecule has 10 nitrogen and oxygen atoms in total. The van der Waals surface area contributed by atoms with Gasteiger partial charge in [-0.15, -0.1) is 6.58 Å². The first-order valence-electron chi connectivity index (χ1n) is 12.1. The summed E-state index contributed by atoms with van der Waals surface area (Å²) < 4.78 is 5.28. The number of aromatic hydroxyl groups is 1. The number of nitrogens with two attached hydrogens (primary N) is 1. The van der Waals surface area contributed by atoms with Crippen LogP contribution in [0.5, 0.6) is 5.75 Å². The fraction of sp³-hybridized carbons (Fsp3) is 0.538. The summed E-state index contributed by atoms with van der Waals surface area (Å²) in [5.41, 5.74) is 4.67. The summed E-state index contributed by atoms with van der Waals surface area (Å²) in [6, 6.07) is 3.59. The second-order valence-electron chi connectivity index (χ2n) is 9.64. The summed E-state index contributed by atoms with van der Waals surface area (Å²) in [7, 11) is 0. The van der Waals surface area contributed by atoms with Gasteiger partial charge >= 0.3 is 6.09 Å². The number of benzene rings is 1. The Labute approximate surface area is 213 Å². The molecule has 1 rings (SSSR count). The van der Waals surface area contributed by atoms with E-state index < -0.39 is 41.5 Å². The van der Waals surface area contributed by atoms with Crippen LogP contribution in [0.25, 0.3) is 0 Å². The minimum Gasteiger partial charge on any atom is -0.508 e. The average molecular weight is 505 g/mol. The minimum atomic E-state index is -1.23. The topological polar surface area (TPSA) is 151 Å². The van der Waals surface area contributed by atoms with E-state index in [0.29, 0.717) is 0 Å². The molecule has 10 heteroatoms. The third-order valence-corrected chi connectivity index (χ3v) is 5.18. The van der Waals surface area contributed by atoms with Crippen LogP contribution in [-0.2, 0) is 19.1 Å². The highest BCUT2D eigenvalue weighted by atomic mass is 16.6. The second-order valence-corrected chi connectivity index (χ2v) is 9.64. The van der Waals surface area contributed by atoms with Gasteiger partial charge in [0.25, 0.3) is 0 Å². The Morgan fingerprint density at radius 1 is 1.17 bits per heavy atom. The molecule has 1 aromatic carbocycles. The third kappa shape index (κ3) is 9.97. The molecule has 3 atom stereocenters. The number of primary amides is 1. The summed E-state index contributed by atoms with van der Waals surface area (Å²) in [5, 5.41) is 16.0. The second kappa shape index (κ2) is 14.1. The minimum absolute atomic E-state index is 0.0729. The van der Waals surface area contributed by atoms with Crippen molar-refractivity contribution in [3.05, 3.63) is 42.5 Å². The SMILES string of the molecule is C=CCN(C(=O)C(CCC(N)=O)NC(=O)OC(C)(C)C)C(C(=O)NC(C)CCC)c1ccccc1O. The van der Waals surface area contributed by atoms with Gasteiger partial charge in [-0.2, -0.15) is 0 Å². The van der Waals surface area contributed by atoms with Gasteiger partial charge in [-0.3, -0.25) is 14.4 Å². The number of nitrogens with zero attached hydrogens (tertiary/aromatic N) is 1. The van der Waals surface area contributed by atoms with E-state index in [0.717, 1.165) is 12.8 Å². The van der Waals surface area contributed by atoms with Crippen LogP contribution in [0.2, 0.25) is 0 Å². The number of phenolic OH excluding ortho intramolecular Hbond substituents is 1. The van der Waals surface area contributed by atoms with Gasteiger partial charge in [0, 0.05) is 24.6 Å². The predicted octanol–water partition coefficient (Wildman–Crippen LogP) is 2.91. The highest BCUT2D eigenvalue weighted by Crippen LogP contribution is 2.30. The zero-order valence-corrected chi connectivity index (χ0v) is 21.9. The molecule has 0 radical (unpaired) electrons. The Morgan fingerprint density at radius 3 is 2.33 bits per heavy atom. The summed E-state index contributed by atoms with van der Waals surface area (Å²) in [6.07, 6.45) is 1.84. The molecule has 3 unspecified atom stereocenters. The number of rotatable bonds is 13. The number of amides is 4. The number of ether oxygens (including phenoxy) is 1. The summed E-state index contributed by atoms with van der Waals surface area (Å²) in [6.45, 7) is 12.5. The summed E-state index contributed by atoms with van der Waals surface area (Å²) in [5.74, 6) is -1.99. The Hall–Kier alpha value is -3.56. The zero-order valence-electron chi connectivity index (χ0n) is 21.9. The fourth-order valence-electron chi connectivity index (χ4n) is 3.65. The molecule has 36 heavy (non-hydrogen) atoms. The highest BCUT2D eigenvalue weighted by Gasteiger charge is 2.37. The number of phenols is 1. The van der Waals surface area contributed by atoms with Crippen molar-refractivity contribution in [1.29, 1.82) is 0 Å². The molecule has 0 aliphatic heterocycles. The first-order chi connectivity index (χ1) is 16.8. The van der Waals surface area contributed by atoms with E-state index in [-0.39, 0.29) is 36.7 Å². The maximum absolute atomic E-state index is 13.8. The number of carbonyl (C=O) groups excluding carboxylic acids is 4. The van der Waals surface area contributed by atoms with Gasteiger partial charge in [0.05, 0.1) is 0 Å². The molecule has 0 aliphatic rings. The monoisotopic (exact) mass is 504 g/mol. The number of alkyl carbamates (subject to hydrolysis) is 1. The van der Waals surface area contributed by atoms with Crippen molar-refractivity contribution < 1.29 is 29.0 Å². The van der Waals surface area contributed by atoms with Crippen molar-refractivity contribution in [3.63, 3.8) is 0 Å². The Kier molecular flexibility index (Phi) is 11.9. The van der Waals surface area contributed by atoms with Gasteiger partial charge in [-0.05, 0) is 46.6 Å². The first kappa shape index (κ1) is 30.5. The molecule has 0 aliphatic carbocycles. The average Bonchev–Trinajstić information content (AvgIpc) is 2.75. The lowest BCUT2D eigenvalue weighted by Crippen LogP contribution is -2.53. The summed E-state index contributed by atoms with van der Waals surface area (Å²) in [4.78, 5) is 52.4.